The van der Waals surface area contributed by atoms with Crippen molar-refractivity contribution in [1.82, 2.24) is 34.7 Å². The summed E-state index contributed by atoms with van der Waals surface area (Å²) in [4.78, 5) is 16.2. The van der Waals surface area contributed by atoms with Crippen LogP contribution in [0.1, 0.15) is 43.4 Å². The Morgan fingerprint density at radius 1 is 1.05 bits per heavy atom. The summed E-state index contributed by atoms with van der Waals surface area (Å²) in [6, 6.07) is 0. The molecule has 3 aromatic rings. The van der Waals surface area contributed by atoms with Crippen LogP contribution >= 0.6 is 11.6 Å². The number of hydrogen-bond donors (Lipinski definition) is 1. The molecule has 3 aromatic heterocycles. The molecule has 0 unspecified atom stereocenters. The zero-order valence-electron chi connectivity index (χ0n) is 20.7. The summed E-state index contributed by atoms with van der Waals surface area (Å²) >= 11 is 5.84. The molecule has 0 spiro atoms. The lowest BCUT2D eigenvalue weighted by molar-refractivity contribution is 0.0139. The van der Waals surface area contributed by atoms with Crippen LogP contribution in [0.2, 0.25) is 5.02 Å². The molecule has 0 radical (unpaired) electrons. The maximum Gasteiger partial charge on any atom is 0.245 e. The fourth-order valence-corrected chi connectivity index (χ4v) is 5.40. The molecule has 1 saturated carbocycles. The molecule has 4 atom stereocenters. The van der Waals surface area contributed by atoms with Gasteiger partial charge >= 0.3 is 0 Å². The molecule has 206 valence electrons. The zero-order valence-corrected chi connectivity index (χ0v) is 22.3. The number of rotatable bonds is 11. The van der Waals surface area contributed by atoms with Crippen molar-refractivity contribution in [3.8, 4) is 17.4 Å². The molecule has 17 heteroatoms. The van der Waals surface area contributed by atoms with E-state index in [1.165, 1.54) is 51.5 Å². The maximum atomic E-state index is 13.7. The SMILES string of the molecule is COc1ncnc(OC)c1-n1c(NS(=O)(=O)[C@@H](C)[C@H](OC)c2ncc(Cl)cn2)nnc1[C@@H]1CC[C@H]1C(F)F. The second-order valence-corrected chi connectivity index (χ2v) is 10.9. The molecule has 0 amide bonds. The summed E-state index contributed by atoms with van der Waals surface area (Å²) < 4.78 is 74.0. The van der Waals surface area contributed by atoms with Gasteiger partial charge in [0, 0.05) is 31.3 Å². The highest BCUT2D eigenvalue weighted by Crippen LogP contribution is 2.47. The smallest absolute Gasteiger partial charge is 0.245 e. The maximum absolute atomic E-state index is 13.7. The number of ether oxygens (including phenoxy) is 3. The highest BCUT2D eigenvalue weighted by Gasteiger charge is 2.43. The number of nitrogens with one attached hydrogen (secondary N) is 1. The Morgan fingerprint density at radius 2 is 1.68 bits per heavy atom. The lowest BCUT2D eigenvalue weighted by atomic mass is 9.73. The number of aromatic nitrogens is 7. The van der Waals surface area contributed by atoms with Crippen molar-refractivity contribution in [3.05, 3.63) is 35.4 Å². The Labute approximate surface area is 222 Å². The van der Waals surface area contributed by atoms with Crippen molar-refractivity contribution in [2.24, 2.45) is 5.92 Å². The summed E-state index contributed by atoms with van der Waals surface area (Å²) in [6.07, 6.45) is 0.807. The van der Waals surface area contributed by atoms with Crippen LogP contribution in [0.4, 0.5) is 14.7 Å². The zero-order chi connectivity index (χ0) is 27.6. The minimum absolute atomic E-state index is 0.0105. The van der Waals surface area contributed by atoms with E-state index in [1.54, 1.807) is 0 Å². The van der Waals surface area contributed by atoms with E-state index in [-0.39, 0.29) is 46.5 Å². The number of nitrogens with zero attached hydrogens (tertiary/aromatic N) is 7. The van der Waals surface area contributed by atoms with Gasteiger partial charge in [-0.3, -0.25) is 9.29 Å². The Hall–Kier alpha value is -3.24. The highest BCUT2D eigenvalue weighted by molar-refractivity contribution is 7.93. The van der Waals surface area contributed by atoms with E-state index in [0.717, 1.165) is 0 Å². The van der Waals surface area contributed by atoms with Crippen molar-refractivity contribution >= 4 is 27.6 Å². The molecule has 4 rings (SSSR count). The first-order valence-corrected chi connectivity index (χ1v) is 13.2. The van der Waals surface area contributed by atoms with Gasteiger partial charge in [0.25, 0.3) is 0 Å². The van der Waals surface area contributed by atoms with Gasteiger partial charge in [-0.05, 0) is 19.8 Å². The van der Waals surface area contributed by atoms with Gasteiger partial charge in [0.2, 0.25) is 34.2 Å². The van der Waals surface area contributed by atoms with Gasteiger partial charge < -0.3 is 14.2 Å². The second-order valence-electron chi connectivity index (χ2n) is 8.41. The summed E-state index contributed by atoms with van der Waals surface area (Å²) in [5.41, 5.74) is 0.0482. The van der Waals surface area contributed by atoms with Crippen molar-refractivity contribution < 1.29 is 31.4 Å². The average molecular weight is 575 g/mol. The Kier molecular flexibility index (Phi) is 8.22. The lowest BCUT2D eigenvalue weighted by Gasteiger charge is -2.35. The van der Waals surface area contributed by atoms with Crippen molar-refractivity contribution in [2.75, 3.05) is 26.1 Å². The molecule has 0 saturated heterocycles. The normalized spacial score (nSPS) is 19.1. The van der Waals surface area contributed by atoms with Gasteiger partial charge in [-0.1, -0.05) is 11.6 Å². The van der Waals surface area contributed by atoms with E-state index in [9.17, 15) is 17.2 Å². The van der Waals surface area contributed by atoms with Crippen LogP contribution in [-0.4, -0.2) is 76.1 Å². The third-order valence-corrected chi connectivity index (χ3v) is 8.22. The summed E-state index contributed by atoms with van der Waals surface area (Å²) in [6.45, 7) is 1.39. The summed E-state index contributed by atoms with van der Waals surface area (Å²) in [5, 5.41) is 7.12. The van der Waals surface area contributed by atoms with Crippen LogP contribution < -0.4 is 14.2 Å². The lowest BCUT2D eigenvalue weighted by Crippen LogP contribution is -2.34. The first-order chi connectivity index (χ1) is 18.1. The first kappa shape index (κ1) is 27.8. The molecule has 1 aliphatic rings. The predicted molar refractivity (Wildman–Crippen MR) is 130 cm³/mol. The topological polar surface area (TPSA) is 156 Å². The molecule has 0 aliphatic heterocycles. The van der Waals surface area contributed by atoms with E-state index in [1.807, 2.05) is 0 Å². The van der Waals surface area contributed by atoms with Gasteiger partial charge in [0.1, 0.15) is 23.5 Å². The average Bonchev–Trinajstić information content (AvgIpc) is 3.25. The Bertz CT molecular complexity index is 1360. The quantitative estimate of drug-likeness (QED) is 0.359. The minimum atomic E-state index is -4.27. The van der Waals surface area contributed by atoms with E-state index < -0.39 is 39.6 Å². The largest absolute Gasteiger partial charge is 0.479 e. The van der Waals surface area contributed by atoms with Crippen LogP contribution in [0.25, 0.3) is 5.69 Å². The number of anilines is 1. The van der Waals surface area contributed by atoms with Gasteiger partial charge in [-0.15, -0.1) is 10.2 Å². The number of halogens is 3. The van der Waals surface area contributed by atoms with E-state index in [2.05, 4.69) is 34.9 Å². The molecule has 1 N–H and O–H groups in total. The number of sulfonamides is 1. The molecule has 1 aliphatic carbocycles. The monoisotopic (exact) mass is 574 g/mol. The highest BCUT2D eigenvalue weighted by atomic mass is 35.5. The molecule has 38 heavy (non-hydrogen) atoms. The Morgan fingerprint density at radius 3 is 2.18 bits per heavy atom. The van der Waals surface area contributed by atoms with Crippen LogP contribution in [0.15, 0.2) is 18.7 Å². The van der Waals surface area contributed by atoms with Gasteiger partial charge in [-0.25, -0.2) is 27.2 Å². The van der Waals surface area contributed by atoms with Crippen LogP contribution in [0, 0.1) is 5.92 Å². The number of methoxy groups -OCH3 is 3. The number of alkyl halides is 2. The third-order valence-electron chi connectivity index (χ3n) is 6.33. The van der Waals surface area contributed by atoms with Gasteiger partial charge in [-0.2, -0.15) is 9.97 Å². The summed E-state index contributed by atoms with van der Waals surface area (Å²) in [5.74, 6) is -1.84. The van der Waals surface area contributed by atoms with E-state index >= 15 is 0 Å². The summed E-state index contributed by atoms with van der Waals surface area (Å²) in [7, 11) is -0.282. The predicted octanol–water partition coefficient (Wildman–Crippen LogP) is 2.79. The van der Waals surface area contributed by atoms with Crippen LogP contribution in [0.3, 0.4) is 0 Å². The molecular formula is C21H25ClF2N8O5S. The molecule has 0 bridgehead atoms. The van der Waals surface area contributed by atoms with E-state index in [4.69, 9.17) is 25.8 Å². The van der Waals surface area contributed by atoms with Crippen LogP contribution in [-0.2, 0) is 14.8 Å². The van der Waals surface area contributed by atoms with Crippen molar-refractivity contribution in [2.45, 2.75) is 43.5 Å². The number of hydrogen-bond acceptors (Lipinski definition) is 11. The van der Waals surface area contributed by atoms with Gasteiger partial charge in [0.05, 0.1) is 19.2 Å². The van der Waals surface area contributed by atoms with Crippen molar-refractivity contribution in [1.29, 1.82) is 0 Å². The molecular weight excluding hydrogens is 550 g/mol. The molecule has 13 nitrogen and oxygen atoms in total. The van der Waals surface area contributed by atoms with Crippen molar-refractivity contribution in [3.63, 3.8) is 0 Å². The minimum Gasteiger partial charge on any atom is -0.479 e. The second kappa shape index (κ2) is 11.2. The van der Waals surface area contributed by atoms with E-state index in [0.29, 0.717) is 6.42 Å². The standard InChI is InChI=1S/C21H25ClF2N8O5S/c1-10(15(35-2)17-25-7-11(22)8-26-17)38(33,34)31-21-30-29-18(13-6-5-12(13)16(23)24)32(21)14-19(36-3)27-9-28-20(14)37-4/h7-10,12-13,15-16H,5-6H2,1-4H3,(H,30,31)/t10-,12+,13+,15-/m0/s1. The van der Waals surface area contributed by atoms with Gasteiger partial charge in [0.15, 0.2) is 11.5 Å². The fourth-order valence-electron chi connectivity index (χ4n) is 4.17. The molecule has 1 fully saturated rings. The Balaban J connectivity index is 1.79. The molecule has 0 aromatic carbocycles. The van der Waals surface area contributed by atoms with Crippen LogP contribution in [0.5, 0.6) is 11.8 Å². The fraction of sp³-hybridized carbons (Fsp3) is 0.524. The third kappa shape index (κ3) is 5.19. The first-order valence-electron chi connectivity index (χ1n) is 11.3. The molecule has 3 heterocycles.